The third-order valence-corrected chi connectivity index (χ3v) is 4.42. The lowest BCUT2D eigenvalue weighted by Crippen LogP contribution is -2.02. The van der Waals surface area contributed by atoms with Gasteiger partial charge in [0.15, 0.2) is 5.00 Å². The highest BCUT2D eigenvalue weighted by Crippen LogP contribution is 2.42. The Labute approximate surface area is 141 Å². The second-order valence-electron chi connectivity index (χ2n) is 4.40. The number of thiophene rings is 1. The molecular weight excluding hydrogens is 359 g/mol. The third kappa shape index (κ3) is 4.31. The van der Waals surface area contributed by atoms with Crippen LogP contribution < -0.4 is 19.3 Å². The molecule has 24 heavy (non-hydrogen) atoms. The number of nitrogens with one attached hydrogen (secondary N) is 1. The van der Waals surface area contributed by atoms with Crippen molar-refractivity contribution >= 4 is 30.3 Å². The molecule has 0 saturated heterocycles. The number of hydrogen-bond donors (Lipinski definition) is 2. The lowest BCUT2D eigenvalue weighted by molar-refractivity contribution is -0.383. The van der Waals surface area contributed by atoms with Crippen LogP contribution in [0.4, 0.5) is 10.7 Å². The van der Waals surface area contributed by atoms with Crippen LogP contribution in [0.1, 0.15) is 5.56 Å². The molecule has 0 aliphatic heterocycles. The lowest BCUT2D eigenvalue weighted by Gasteiger charge is -2.11. The molecule has 9 nitrogen and oxygen atoms in total. The van der Waals surface area contributed by atoms with Gasteiger partial charge >= 0.3 is 13.9 Å². The van der Waals surface area contributed by atoms with Crippen LogP contribution in [0.15, 0.2) is 24.3 Å². The van der Waals surface area contributed by atoms with Gasteiger partial charge in [-0.1, -0.05) is 11.3 Å². The Morgan fingerprint density at radius 2 is 2.08 bits per heavy atom. The van der Waals surface area contributed by atoms with E-state index < -0.39 is 13.2 Å². The Hall–Kier alpha value is -2.42. The van der Waals surface area contributed by atoms with E-state index in [0.717, 1.165) is 23.0 Å². The fraction of sp³-hybridized carbons (Fsp3) is 0.231. The summed E-state index contributed by atoms with van der Waals surface area (Å²) >= 11 is 0.872. The topological polar surface area (TPSA) is 120 Å². The summed E-state index contributed by atoms with van der Waals surface area (Å²) in [5, 5.41) is 14.2. The molecule has 0 aliphatic rings. The second-order valence-corrected chi connectivity index (χ2v) is 6.07. The van der Waals surface area contributed by atoms with Crippen LogP contribution >= 0.6 is 19.6 Å². The molecule has 1 aromatic carbocycles. The summed E-state index contributed by atoms with van der Waals surface area (Å²) in [7, 11) is 0.161. The van der Waals surface area contributed by atoms with Crippen LogP contribution in [0.2, 0.25) is 0 Å². The Bertz CT molecular complexity index is 765. The number of nitro groups is 1. The SMILES string of the molecule is COc1ccc(CNc2sc(O[P+](=O)O)cc2[N+](=O)[O-])c(OC)c1. The molecule has 0 radical (unpaired) electrons. The number of ether oxygens (including phenoxy) is 2. The fourth-order valence-electron chi connectivity index (χ4n) is 1.92. The van der Waals surface area contributed by atoms with Crippen molar-refractivity contribution in [2.45, 2.75) is 6.54 Å². The lowest BCUT2D eigenvalue weighted by atomic mass is 10.2. The summed E-state index contributed by atoms with van der Waals surface area (Å²) in [6, 6.07) is 6.31. The van der Waals surface area contributed by atoms with E-state index >= 15 is 0 Å². The van der Waals surface area contributed by atoms with Crippen LogP contribution in [0.25, 0.3) is 0 Å². The van der Waals surface area contributed by atoms with Crippen molar-refractivity contribution in [3.63, 3.8) is 0 Å². The second kappa shape index (κ2) is 7.91. The standard InChI is InChI=1S/C13H13N2O7PS/c1-20-9-4-3-8(11(5-9)21-2)7-14-13-10(15(16)17)6-12(24-13)22-23(18)19/h3-6,14H,7H2,1-2H3/p+1. The number of rotatable bonds is 8. The normalized spacial score (nSPS) is 10.9. The van der Waals surface area contributed by atoms with E-state index in [1.54, 1.807) is 18.2 Å². The number of methoxy groups -OCH3 is 2. The molecule has 0 aliphatic carbocycles. The fourth-order valence-corrected chi connectivity index (χ4v) is 3.22. The molecule has 1 unspecified atom stereocenters. The van der Waals surface area contributed by atoms with Crippen LogP contribution in [0.3, 0.4) is 0 Å². The number of benzene rings is 1. The van der Waals surface area contributed by atoms with Gasteiger partial charge in [-0.05, 0) is 12.1 Å². The summed E-state index contributed by atoms with van der Waals surface area (Å²) < 4.78 is 25.7. The number of nitrogens with zero attached hydrogens (tertiary/aromatic N) is 1. The minimum atomic E-state index is -2.89. The Morgan fingerprint density at radius 3 is 2.67 bits per heavy atom. The first-order valence-corrected chi connectivity index (χ1v) is 8.46. The highest BCUT2D eigenvalue weighted by Gasteiger charge is 2.25. The smallest absolute Gasteiger partial charge is 0.497 e. The molecule has 0 saturated carbocycles. The van der Waals surface area contributed by atoms with Crippen molar-refractivity contribution in [3.8, 4) is 16.6 Å². The zero-order chi connectivity index (χ0) is 17.7. The highest BCUT2D eigenvalue weighted by atomic mass is 32.1. The zero-order valence-corrected chi connectivity index (χ0v) is 14.4. The maximum Gasteiger partial charge on any atom is 0.748 e. The van der Waals surface area contributed by atoms with Crippen molar-refractivity contribution in [2.75, 3.05) is 19.5 Å². The van der Waals surface area contributed by atoms with E-state index in [9.17, 15) is 14.7 Å². The molecule has 2 aromatic rings. The Kier molecular flexibility index (Phi) is 5.91. The molecule has 1 atom stereocenters. The zero-order valence-electron chi connectivity index (χ0n) is 12.7. The summed E-state index contributed by atoms with van der Waals surface area (Å²) in [4.78, 5) is 19.2. The van der Waals surface area contributed by atoms with E-state index in [0.29, 0.717) is 11.5 Å². The molecule has 2 N–H and O–H groups in total. The van der Waals surface area contributed by atoms with Gasteiger partial charge in [-0.3, -0.25) is 10.1 Å². The van der Waals surface area contributed by atoms with E-state index in [1.807, 2.05) is 0 Å². The summed E-state index contributed by atoms with van der Waals surface area (Å²) in [5.74, 6) is 1.19. The predicted molar refractivity (Wildman–Crippen MR) is 88.3 cm³/mol. The average molecular weight is 373 g/mol. The van der Waals surface area contributed by atoms with E-state index in [2.05, 4.69) is 9.84 Å². The minimum Gasteiger partial charge on any atom is -0.497 e. The van der Waals surface area contributed by atoms with Gasteiger partial charge in [0.05, 0.1) is 25.2 Å². The molecule has 1 aromatic heterocycles. The molecule has 128 valence electrons. The van der Waals surface area contributed by atoms with Gasteiger partial charge in [-0.25, -0.2) is 4.52 Å². The number of hydrogen-bond acceptors (Lipinski definition) is 8. The molecule has 2 rings (SSSR count). The van der Waals surface area contributed by atoms with Crippen LogP contribution in [-0.4, -0.2) is 24.0 Å². The molecule has 0 amide bonds. The van der Waals surface area contributed by atoms with Gasteiger partial charge in [0, 0.05) is 22.7 Å². The minimum absolute atomic E-state index is 0.0190. The first-order valence-electron chi connectivity index (χ1n) is 6.51. The monoisotopic (exact) mass is 373 g/mol. The van der Waals surface area contributed by atoms with Crippen molar-refractivity contribution in [3.05, 3.63) is 39.9 Å². The molecule has 11 heteroatoms. The van der Waals surface area contributed by atoms with Crippen LogP contribution in [0, 0.1) is 10.1 Å². The molecule has 1 heterocycles. The van der Waals surface area contributed by atoms with Gasteiger partial charge in [-0.15, -0.1) is 4.89 Å². The quantitative estimate of drug-likeness (QED) is 0.411. The summed E-state index contributed by atoms with van der Waals surface area (Å²) in [5.41, 5.74) is 0.524. The molecule has 0 spiro atoms. The third-order valence-electron chi connectivity index (χ3n) is 2.99. The average Bonchev–Trinajstić information content (AvgIpc) is 2.94. The Morgan fingerprint density at radius 1 is 1.33 bits per heavy atom. The van der Waals surface area contributed by atoms with Gasteiger partial charge in [0.2, 0.25) is 0 Å². The maximum absolute atomic E-state index is 11.1. The van der Waals surface area contributed by atoms with E-state index in [1.165, 1.54) is 14.2 Å². The van der Waals surface area contributed by atoms with Crippen molar-refractivity contribution in [1.29, 1.82) is 0 Å². The summed E-state index contributed by atoms with van der Waals surface area (Å²) in [6.07, 6.45) is 0. The van der Waals surface area contributed by atoms with Gasteiger partial charge in [0.1, 0.15) is 11.5 Å². The Balaban J connectivity index is 2.20. The van der Waals surface area contributed by atoms with Crippen molar-refractivity contribution in [2.24, 2.45) is 0 Å². The predicted octanol–water partition coefficient (Wildman–Crippen LogP) is 3.31. The number of anilines is 1. The van der Waals surface area contributed by atoms with Crippen molar-refractivity contribution in [1.82, 2.24) is 0 Å². The van der Waals surface area contributed by atoms with E-state index in [-0.39, 0.29) is 22.3 Å². The van der Waals surface area contributed by atoms with Crippen LogP contribution in [0.5, 0.6) is 16.6 Å². The first kappa shape index (κ1) is 17.9. The van der Waals surface area contributed by atoms with E-state index in [4.69, 9.17) is 14.4 Å². The largest absolute Gasteiger partial charge is 0.748 e. The van der Waals surface area contributed by atoms with Crippen molar-refractivity contribution < 1.29 is 28.4 Å². The first-order chi connectivity index (χ1) is 11.4. The molecular formula is C13H14N2O7PS+. The highest BCUT2D eigenvalue weighted by molar-refractivity contribution is 7.33. The molecule has 0 fully saturated rings. The van der Waals surface area contributed by atoms with Gasteiger partial charge in [0.25, 0.3) is 5.06 Å². The van der Waals surface area contributed by atoms with Gasteiger partial charge in [-0.2, -0.15) is 0 Å². The summed E-state index contributed by atoms with van der Waals surface area (Å²) in [6.45, 7) is 0.249. The maximum atomic E-state index is 11.1. The van der Waals surface area contributed by atoms with Crippen LogP contribution in [-0.2, 0) is 11.1 Å². The molecule has 0 bridgehead atoms. The van der Waals surface area contributed by atoms with Gasteiger partial charge < -0.3 is 14.8 Å².